The lowest BCUT2D eigenvalue weighted by Crippen LogP contribution is -2.32. The van der Waals surface area contributed by atoms with E-state index in [0.29, 0.717) is 24.2 Å². The van der Waals surface area contributed by atoms with E-state index in [1.807, 2.05) is 44.2 Å². The fourth-order valence-corrected chi connectivity index (χ4v) is 3.24. The lowest BCUT2D eigenvalue weighted by atomic mass is 9.92. The molecule has 2 heterocycles. The van der Waals surface area contributed by atoms with Crippen LogP contribution in [0.1, 0.15) is 25.8 Å². The Bertz CT molecular complexity index is 1030. The molecule has 0 amide bonds. The highest BCUT2D eigenvalue weighted by Crippen LogP contribution is 2.49. The number of ether oxygens (including phenoxy) is 1. The van der Waals surface area contributed by atoms with E-state index < -0.39 is 22.5 Å². The summed E-state index contributed by atoms with van der Waals surface area (Å²) >= 11 is 0. The monoisotopic (exact) mass is 338 g/mol. The SMILES string of the molecule is CC1(C)CCc2c(c(O)c(O)c3c(=O)cc(-c4ccccc4)oc23)O1. The molecule has 128 valence electrons. The molecule has 1 aliphatic heterocycles. The van der Waals surface area contributed by atoms with Crippen molar-refractivity contribution in [2.24, 2.45) is 0 Å². The molecule has 0 saturated carbocycles. The highest BCUT2D eigenvalue weighted by molar-refractivity contribution is 5.92. The molecular weight excluding hydrogens is 320 g/mol. The normalized spacial score (nSPS) is 15.6. The first-order valence-corrected chi connectivity index (χ1v) is 8.16. The number of benzene rings is 2. The number of aryl methyl sites for hydroxylation is 1. The Labute approximate surface area is 144 Å². The van der Waals surface area contributed by atoms with Gasteiger partial charge in [-0.15, -0.1) is 0 Å². The fourth-order valence-electron chi connectivity index (χ4n) is 3.24. The van der Waals surface area contributed by atoms with Crippen LogP contribution in [-0.2, 0) is 6.42 Å². The van der Waals surface area contributed by atoms with Crippen LogP contribution in [0.25, 0.3) is 22.3 Å². The van der Waals surface area contributed by atoms with Crippen LogP contribution in [0, 0.1) is 0 Å². The maximum Gasteiger partial charge on any atom is 0.201 e. The third-order valence-electron chi connectivity index (χ3n) is 4.59. The number of phenols is 2. The Hall–Kier alpha value is -2.95. The number of rotatable bonds is 1. The molecule has 0 bridgehead atoms. The Morgan fingerprint density at radius 1 is 1.08 bits per heavy atom. The van der Waals surface area contributed by atoms with Crippen molar-refractivity contribution >= 4 is 11.0 Å². The summed E-state index contributed by atoms with van der Waals surface area (Å²) in [5.74, 6) is -0.306. The molecule has 0 atom stereocenters. The van der Waals surface area contributed by atoms with Crippen molar-refractivity contribution < 1.29 is 19.4 Å². The first kappa shape index (κ1) is 15.6. The molecule has 4 rings (SSSR count). The minimum absolute atomic E-state index is 0.0146. The van der Waals surface area contributed by atoms with Crippen LogP contribution in [0.15, 0.2) is 45.6 Å². The van der Waals surface area contributed by atoms with E-state index in [0.717, 1.165) is 5.56 Å². The molecule has 0 saturated heterocycles. The van der Waals surface area contributed by atoms with Gasteiger partial charge in [-0.25, -0.2) is 0 Å². The van der Waals surface area contributed by atoms with Gasteiger partial charge < -0.3 is 19.4 Å². The molecule has 5 nitrogen and oxygen atoms in total. The largest absolute Gasteiger partial charge is 0.504 e. The smallest absolute Gasteiger partial charge is 0.201 e. The number of hydrogen-bond acceptors (Lipinski definition) is 5. The van der Waals surface area contributed by atoms with Gasteiger partial charge in [-0.05, 0) is 26.7 Å². The second-order valence-corrected chi connectivity index (χ2v) is 6.91. The molecule has 0 spiro atoms. The zero-order chi connectivity index (χ0) is 17.8. The summed E-state index contributed by atoms with van der Waals surface area (Å²) in [6.45, 7) is 3.82. The van der Waals surface area contributed by atoms with Crippen LogP contribution in [0.2, 0.25) is 0 Å². The summed E-state index contributed by atoms with van der Waals surface area (Å²) in [5, 5.41) is 20.7. The molecule has 25 heavy (non-hydrogen) atoms. The van der Waals surface area contributed by atoms with Crippen molar-refractivity contribution in [1.29, 1.82) is 0 Å². The van der Waals surface area contributed by atoms with Gasteiger partial charge in [0.1, 0.15) is 22.3 Å². The molecule has 1 aromatic heterocycles. The average molecular weight is 338 g/mol. The average Bonchev–Trinajstić information content (AvgIpc) is 2.59. The standard InChI is InChI=1S/C20H18O5/c1-20(2)9-8-12-18-15(16(22)17(23)19(12)25-20)13(21)10-14(24-18)11-6-4-3-5-7-11/h3-7,10,22-23H,8-9H2,1-2H3. The van der Waals surface area contributed by atoms with Gasteiger partial charge in [0.25, 0.3) is 0 Å². The van der Waals surface area contributed by atoms with E-state index in [-0.39, 0.29) is 16.7 Å². The van der Waals surface area contributed by atoms with E-state index in [4.69, 9.17) is 9.15 Å². The van der Waals surface area contributed by atoms with Gasteiger partial charge in [-0.2, -0.15) is 0 Å². The molecule has 3 aromatic rings. The first-order valence-electron chi connectivity index (χ1n) is 8.16. The maximum absolute atomic E-state index is 12.6. The first-order chi connectivity index (χ1) is 11.9. The molecule has 5 heteroatoms. The summed E-state index contributed by atoms with van der Waals surface area (Å²) in [5.41, 5.74) is 0.772. The highest BCUT2D eigenvalue weighted by atomic mass is 16.5. The van der Waals surface area contributed by atoms with Gasteiger partial charge in [0, 0.05) is 17.2 Å². The number of hydrogen-bond donors (Lipinski definition) is 2. The van der Waals surface area contributed by atoms with E-state index in [1.54, 1.807) is 0 Å². The van der Waals surface area contributed by atoms with Crippen LogP contribution in [0.4, 0.5) is 0 Å². The van der Waals surface area contributed by atoms with Crippen LogP contribution in [-0.4, -0.2) is 15.8 Å². The molecule has 0 fully saturated rings. The summed E-state index contributed by atoms with van der Waals surface area (Å²) in [7, 11) is 0. The van der Waals surface area contributed by atoms with E-state index in [9.17, 15) is 15.0 Å². The van der Waals surface area contributed by atoms with Gasteiger partial charge in [-0.1, -0.05) is 30.3 Å². The van der Waals surface area contributed by atoms with Crippen molar-refractivity contribution in [2.75, 3.05) is 0 Å². The van der Waals surface area contributed by atoms with Crippen molar-refractivity contribution in [1.82, 2.24) is 0 Å². The van der Waals surface area contributed by atoms with E-state index in [2.05, 4.69) is 0 Å². The number of phenolic OH excluding ortho intramolecular Hbond substituents is 2. The minimum Gasteiger partial charge on any atom is -0.504 e. The Morgan fingerprint density at radius 2 is 1.80 bits per heavy atom. The zero-order valence-electron chi connectivity index (χ0n) is 14.0. The predicted octanol–water partition coefficient (Wildman–Crippen LogP) is 3.97. The number of fused-ring (bicyclic) bond motifs is 3. The molecule has 0 radical (unpaired) electrons. The second kappa shape index (κ2) is 5.28. The predicted molar refractivity (Wildman–Crippen MR) is 94.3 cm³/mol. The van der Waals surface area contributed by atoms with Crippen molar-refractivity contribution in [3.05, 3.63) is 52.2 Å². The third kappa shape index (κ3) is 2.43. The molecule has 1 aliphatic rings. The topological polar surface area (TPSA) is 79.9 Å². The lowest BCUT2D eigenvalue weighted by Gasteiger charge is -2.33. The van der Waals surface area contributed by atoms with Crippen molar-refractivity contribution in [3.8, 4) is 28.6 Å². The van der Waals surface area contributed by atoms with Gasteiger partial charge in [0.05, 0.1) is 0 Å². The number of aromatic hydroxyl groups is 2. The molecular formula is C20H18O5. The van der Waals surface area contributed by atoms with Gasteiger partial charge in [0.15, 0.2) is 16.9 Å². The van der Waals surface area contributed by atoms with E-state index in [1.165, 1.54) is 6.07 Å². The molecule has 0 aliphatic carbocycles. The van der Waals surface area contributed by atoms with Crippen LogP contribution < -0.4 is 10.2 Å². The van der Waals surface area contributed by atoms with E-state index >= 15 is 0 Å². The molecule has 2 N–H and O–H groups in total. The summed E-state index contributed by atoms with van der Waals surface area (Å²) < 4.78 is 11.8. The Morgan fingerprint density at radius 3 is 2.52 bits per heavy atom. The quantitative estimate of drug-likeness (QED) is 0.656. The lowest BCUT2D eigenvalue weighted by molar-refractivity contribution is 0.0803. The van der Waals surface area contributed by atoms with Crippen LogP contribution in [0.3, 0.4) is 0 Å². The van der Waals surface area contributed by atoms with Crippen molar-refractivity contribution in [2.45, 2.75) is 32.3 Å². The van der Waals surface area contributed by atoms with Crippen LogP contribution >= 0.6 is 0 Å². The zero-order valence-corrected chi connectivity index (χ0v) is 14.0. The van der Waals surface area contributed by atoms with Crippen LogP contribution in [0.5, 0.6) is 17.2 Å². The third-order valence-corrected chi connectivity index (χ3v) is 4.59. The van der Waals surface area contributed by atoms with Gasteiger partial charge >= 0.3 is 0 Å². The minimum atomic E-state index is -0.500. The maximum atomic E-state index is 12.6. The highest BCUT2D eigenvalue weighted by Gasteiger charge is 2.33. The fraction of sp³-hybridized carbons (Fsp3) is 0.250. The van der Waals surface area contributed by atoms with Crippen molar-refractivity contribution in [3.63, 3.8) is 0 Å². The molecule has 0 unspecified atom stereocenters. The molecule has 2 aromatic carbocycles. The second-order valence-electron chi connectivity index (χ2n) is 6.91. The Balaban J connectivity index is 2.06. The summed E-state index contributed by atoms with van der Waals surface area (Å²) in [6.07, 6.45) is 1.28. The Kier molecular flexibility index (Phi) is 3.29. The van der Waals surface area contributed by atoms with Gasteiger partial charge in [-0.3, -0.25) is 4.79 Å². The summed E-state index contributed by atoms with van der Waals surface area (Å²) in [6, 6.07) is 10.6. The summed E-state index contributed by atoms with van der Waals surface area (Å²) in [4.78, 5) is 12.6. The van der Waals surface area contributed by atoms with Gasteiger partial charge in [0.2, 0.25) is 5.75 Å².